The molecule has 3 aromatic carbocycles. The van der Waals surface area contributed by atoms with Crippen molar-refractivity contribution in [2.45, 2.75) is 19.7 Å². The first-order valence-electron chi connectivity index (χ1n) is 11.6. The minimum Gasteiger partial charge on any atom is -0.487 e. The van der Waals surface area contributed by atoms with Crippen molar-refractivity contribution in [1.29, 1.82) is 0 Å². The van der Waals surface area contributed by atoms with E-state index in [4.69, 9.17) is 34.5 Å². The second-order valence-corrected chi connectivity index (χ2v) is 9.30. The van der Waals surface area contributed by atoms with E-state index in [1.807, 2.05) is 31.2 Å². The summed E-state index contributed by atoms with van der Waals surface area (Å²) in [6.07, 6.45) is -4.67. The van der Waals surface area contributed by atoms with Crippen LogP contribution in [0, 0.1) is 13.5 Å². The van der Waals surface area contributed by atoms with Crippen LogP contribution in [0.25, 0.3) is 21.7 Å². The van der Waals surface area contributed by atoms with E-state index in [0.717, 1.165) is 27.4 Å². The molecule has 0 spiro atoms. The number of para-hydroxylation sites is 1. The predicted octanol–water partition coefficient (Wildman–Crippen LogP) is 7.40. The summed E-state index contributed by atoms with van der Waals surface area (Å²) in [6, 6.07) is 18.0. The van der Waals surface area contributed by atoms with Crippen LogP contribution < -0.4 is 10.1 Å². The summed E-state index contributed by atoms with van der Waals surface area (Å²) in [5.74, 6) is 0.220. The van der Waals surface area contributed by atoms with E-state index in [9.17, 15) is 18.0 Å². The highest BCUT2D eigenvalue weighted by Crippen LogP contribution is 2.34. The summed E-state index contributed by atoms with van der Waals surface area (Å²) in [4.78, 5) is 15.4. The number of carbonyl (C=O) groups is 1. The molecule has 0 saturated heterocycles. The Morgan fingerprint density at radius 3 is 2.33 bits per heavy atom. The van der Waals surface area contributed by atoms with Gasteiger partial charge < -0.3 is 14.9 Å². The topological polar surface area (TPSA) is 60.5 Å². The Balaban J connectivity index is 1.53. The maximum atomic E-state index is 13.5. The molecule has 0 radical (unpaired) electrons. The molecule has 0 aliphatic heterocycles. The van der Waals surface area contributed by atoms with Gasteiger partial charge in [0.05, 0.1) is 22.3 Å². The summed E-state index contributed by atoms with van der Waals surface area (Å²) in [7, 11) is 0. The van der Waals surface area contributed by atoms with Crippen LogP contribution in [0.1, 0.15) is 27.3 Å². The summed E-state index contributed by atoms with van der Waals surface area (Å²) in [6.45, 7) is 8.88. The predicted molar refractivity (Wildman–Crippen MR) is 143 cm³/mol. The van der Waals surface area contributed by atoms with Crippen LogP contribution in [0.4, 0.5) is 13.2 Å². The van der Waals surface area contributed by atoms with Crippen molar-refractivity contribution in [1.82, 2.24) is 15.1 Å². The third-order valence-electron chi connectivity index (χ3n) is 5.76. The van der Waals surface area contributed by atoms with Gasteiger partial charge in [-0.15, -0.1) is 0 Å². The number of nitrogens with zero attached hydrogens (tertiary/aromatic N) is 3. The van der Waals surface area contributed by atoms with Crippen molar-refractivity contribution >= 4 is 29.1 Å². The molecule has 0 unspecified atom stereocenters. The maximum Gasteiger partial charge on any atom is 0.435 e. The molecular weight excluding hydrogens is 552 g/mol. The average molecular weight is 573 g/mol. The zero-order chi connectivity index (χ0) is 28.2. The van der Waals surface area contributed by atoms with Gasteiger partial charge in [0.25, 0.3) is 5.91 Å². The van der Waals surface area contributed by atoms with Gasteiger partial charge in [-0.05, 0) is 66.1 Å². The molecule has 200 valence electrons. The molecule has 1 N–H and O–H groups in total. The molecule has 1 amide bonds. The zero-order valence-corrected chi connectivity index (χ0v) is 22.0. The minimum absolute atomic E-state index is 0.117. The molecule has 0 saturated carbocycles. The molecule has 0 atom stereocenters. The van der Waals surface area contributed by atoms with Crippen LogP contribution in [0.5, 0.6) is 5.75 Å². The Labute approximate surface area is 232 Å². The Morgan fingerprint density at radius 2 is 1.72 bits per heavy atom. The monoisotopic (exact) mass is 572 g/mol. The lowest BCUT2D eigenvalue weighted by Gasteiger charge is -2.14. The van der Waals surface area contributed by atoms with E-state index in [0.29, 0.717) is 11.3 Å². The highest BCUT2D eigenvalue weighted by atomic mass is 35.5. The van der Waals surface area contributed by atoms with Crippen LogP contribution >= 0.6 is 23.2 Å². The number of hydrogen-bond donors (Lipinski definition) is 1. The summed E-state index contributed by atoms with van der Waals surface area (Å²) >= 11 is 12.5. The van der Waals surface area contributed by atoms with E-state index in [1.54, 1.807) is 24.3 Å². The van der Waals surface area contributed by atoms with Crippen molar-refractivity contribution in [2.24, 2.45) is 0 Å². The maximum absolute atomic E-state index is 13.5. The molecule has 0 aliphatic carbocycles. The van der Waals surface area contributed by atoms with E-state index in [1.165, 1.54) is 12.1 Å². The SMILES string of the molecule is [C-]#[N+]CCNC(=O)c1ccc(-c2ccc(OCc3cc(C(F)(F)F)nn3-c3c(Cl)cccc3Cl)c(C)c2)cc1. The number of nitrogens with one attached hydrogen (secondary N) is 1. The van der Waals surface area contributed by atoms with Gasteiger partial charge in [0, 0.05) is 5.56 Å². The quantitative estimate of drug-likeness (QED) is 0.177. The smallest absolute Gasteiger partial charge is 0.435 e. The molecule has 11 heteroatoms. The third kappa shape index (κ3) is 6.53. The van der Waals surface area contributed by atoms with Gasteiger partial charge in [-0.25, -0.2) is 11.3 Å². The Morgan fingerprint density at radius 1 is 1.05 bits per heavy atom. The Hall–Kier alpha value is -4.00. The van der Waals surface area contributed by atoms with Gasteiger partial charge >= 0.3 is 6.18 Å². The molecule has 1 aromatic heterocycles. The fraction of sp³-hybridized carbons (Fsp3) is 0.179. The first kappa shape index (κ1) is 28.0. The molecule has 1 heterocycles. The normalized spacial score (nSPS) is 11.2. The van der Waals surface area contributed by atoms with Gasteiger partial charge in [0.15, 0.2) is 5.69 Å². The van der Waals surface area contributed by atoms with E-state index >= 15 is 0 Å². The van der Waals surface area contributed by atoms with Crippen LogP contribution in [-0.4, -0.2) is 28.8 Å². The first-order valence-corrected chi connectivity index (χ1v) is 12.4. The molecule has 4 aromatic rings. The van der Waals surface area contributed by atoms with Crippen molar-refractivity contribution in [3.63, 3.8) is 0 Å². The number of aryl methyl sites for hydroxylation is 1. The van der Waals surface area contributed by atoms with Gasteiger partial charge in [0.2, 0.25) is 6.54 Å². The number of ether oxygens (including phenoxy) is 1. The molecule has 0 fully saturated rings. The van der Waals surface area contributed by atoms with Crippen LogP contribution in [0.3, 0.4) is 0 Å². The van der Waals surface area contributed by atoms with Crippen molar-refractivity contribution in [2.75, 3.05) is 13.1 Å². The standard InChI is InChI=1S/C28H21Cl2F3N4O2/c1-17-14-20(18-6-8-19(9-7-18)27(38)35-13-12-34-2)10-11-24(17)39-16-21-15-25(28(31,32)33)36-37(21)26-22(29)4-3-5-23(26)30/h3-11,14-15H,12-13,16H2,1H3,(H,35,38). The second-order valence-electron chi connectivity index (χ2n) is 8.48. The van der Waals surface area contributed by atoms with Crippen LogP contribution in [0.2, 0.25) is 10.0 Å². The largest absolute Gasteiger partial charge is 0.487 e. The lowest BCUT2D eigenvalue weighted by atomic mass is 10.0. The number of carbonyl (C=O) groups excluding carboxylic acids is 1. The summed E-state index contributed by atoms with van der Waals surface area (Å²) < 4.78 is 47.3. The Bertz CT molecular complexity index is 1520. The minimum atomic E-state index is -4.67. The molecule has 0 bridgehead atoms. The van der Waals surface area contributed by atoms with Crippen molar-refractivity contribution in [3.8, 4) is 22.6 Å². The fourth-order valence-corrected chi connectivity index (χ4v) is 4.39. The van der Waals surface area contributed by atoms with Gasteiger partial charge in [-0.1, -0.05) is 47.5 Å². The number of halogens is 5. The highest BCUT2D eigenvalue weighted by molar-refractivity contribution is 6.37. The van der Waals surface area contributed by atoms with E-state index in [2.05, 4.69) is 15.3 Å². The van der Waals surface area contributed by atoms with Crippen LogP contribution in [-0.2, 0) is 12.8 Å². The van der Waals surface area contributed by atoms with E-state index < -0.39 is 11.9 Å². The van der Waals surface area contributed by atoms with Gasteiger partial charge in [0.1, 0.15) is 18.0 Å². The second kappa shape index (κ2) is 11.8. The molecule has 39 heavy (non-hydrogen) atoms. The summed E-state index contributed by atoms with van der Waals surface area (Å²) in [5.41, 5.74) is 2.13. The highest BCUT2D eigenvalue weighted by Gasteiger charge is 2.35. The Kier molecular flexibility index (Phi) is 8.48. The number of hydrogen-bond acceptors (Lipinski definition) is 3. The molecule has 4 rings (SSSR count). The van der Waals surface area contributed by atoms with E-state index in [-0.39, 0.29) is 47.0 Å². The zero-order valence-electron chi connectivity index (χ0n) is 20.5. The van der Waals surface area contributed by atoms with Crippen molar-refractivity contribution in [3.05, 3.63) is 111 Å². The number of rotatable bonds is 8. The number of alkyl halides is 3. The number of benzene rings is 3. The first-order chi connectivity index (χ1) is 18.6. The fourth-order valence-electron chi connectivity index (χ4n) is 3.83. The molecule has 6 nitrogen and oxygen atoms in total. The van der Waals surface area contributed by atoms with Crippen molar-refractivity contribution < 1.29 is 22.7 Å². The molecular formula is C28H21Cl2F3N4O2. The number of amides is 1. The number of aromatic nitrogens is 2. The summed E-state index contributed by atoms with van der Waals surface area (Å²) in [5, 5.41) is 6.68. The van der Waals surface area contributed by atoms with Gasteiger partial charge in [-0.2, -0.15) is 18.3 Å². The lowest BCUT2D eigenvalue weighted by molar-refractivity contribution is -0.141. The van der Waals surface area contributed by atoms with Gasteiger partial charge in [-0.3, -0.25) is 4.79 Å². The lowest BCUT2D eigenvalue weighted by Crippen LogP contribution is -2.25. The van der Waals surface area contributed by atoms with Crippen LogP contribution in [0.15, 0.2) is 66.7 Å². The third-order valence-corrected chi connectivity index (χ3v) is 6.37. The molecule has 0 aliphatic rings. The average Bonchev–Trinajstić information content (AvgIpc) is 3.32.